The lowest BCUT2D eigenvalue weighted by atomic mass is 9.77. The van der Waals surface area contributed by atoms with E-state index in [1.165, 1.54) is 40.1 Å². The van der Waals surface area contributed by atoms with Gasteiger partial charge in [0.1, 0.15) is 0 Å². The second-order valence-electron chi connectivity index (χ2n) is 8.21. The Bertz CT molecular complexity index is 1370. The molecule has 11 heteroatoms. The third-order valence-electron chi connectivity index (χ3n) is 6.05. The zero-order chi connectivity index (χ0) is 24.5. The predicted molar refractivity (Wildman–Crippen MR) is 135 cm³/mol. The van der Waals surface area contributed by atoms with Crippen LogP contribution in [-0.2, 0) is 15.3 Å². The lowest BCUT2D eigenvalue weighted by Gasteiger charge is -2.36. The number of Topliss-reactive ketones (excluding diaryl/α,β-unsaturated/α-hetero) is 1. The van der Waals surface area contributed by atoms with Gasteiger partial charge in [0.15, 0.2) is 10.1 Å². The predicted octanol–water partition coefficient (Wildman–Crippen LogP) is 5.92. The highest BCUT2D eigenvalue weighted by molar-refractivity contribution is 8.00. The lowest BCUT2D eigenvalue weighted by Crippen LogP contribution is -2.40. The number of ketones is 1. The zero-order valence-corrected chi connectivity index (χ0v) is 20.7. The molecule has 8 nitrogen and oxygen atoms in total. The molecule has 0 unspecified atom stereocenters. The normalized spacial score (nSPS) is 18.1. The molecule has 1 amide bonds. The summed E-state index contributed by atoms with van der Waals surface area (Å²) in [5.74, 6) is -0.126. The van der Waals surface area contributed by atoms with Gasteiger partial charge in [0.2, 0.25) is 11.0 Å². The van der Waals surface area contributed by atoms with Gasteiger partial charge in [0.05, 0.1) is 4.92 Å². The average molecular weight is 527 g/mol. The number of aromatic nitrogens is 2. The number of nitro groups is 1. The van der Waals surface area contributed by atoms with E-state index in [4.69, 9.17) is 11.6 Å². The van der Waals surface area contributed by atoms with Crippen molar-refractivity contribution in [2.45, 2.75) is 41.7 Å². The Morgan fingerprint density at radius 3 is 2.77 bits per heavy atom. The number of hydrogen-bond donors (Lipinski definition) is 0. The third-order valence-corrected chi connectivity index (χ3v) is 8.51. The fourth-order valence-corrected chi connectivity index (χ4v) is 6.63. The van der Waals surface area contributed by atoms with Crippen molar-refractivity contribution in [1.29, 1.82) is 0 Å². The number of anilines is 1. The molecule has 0 fully saturated rings. The number of rotatable bonds is 6. The molecule has 1 aliphatic carbocycles. The van der Waals surface area contributed by atoms with E-state index in [0.717, 1.165) is 5.56 Å². The maximum atomic E-state index is 13.4. The smallest absolute Gasteiger partial charge is 0.269 e. The van der Waals surface area contributed by atoms with E-state index < -0.39 is 10.8 Å². The van der Waals surface area contributed by atoms with Gasteiger partial charge in [-0.05, 0) is 30.0 Å². The van der Waals surface area contributed by atoms with E-state index in [1.54, 1.807) is 12.1 Å². The third kappa shape index (κ3) is 4.73. The van der Waals surface area contributed by atoms with Crippen LogP contribution in [0.15, 0.2) is 64.1 Å². The number of nitrogens with zero attached hydrogens (tertiary/aromatic N) is 4. The van der Waals surface area contributed by atoms with Crippen molar-refractivity contribution in [2.24, 2.45) is 0 Å². The van der Waals surface area contributed by atoms with Gasteiger partial charge in [-0.3, -0.25) is 24.6 Å². The maximum absolute atomic E-state index is 13.4. The molecule has 2 aromatic carbocycles. The molecule has 0 saturated heterocycles. The molecule has 0 radical (unpaired) electrons. The van der Waals surface area contributed by atoms with Gasteiger partial charge >= 0.3 is 0 Å². The van der Waals surface area contributed by atoms with Crippen LogP contribution >= 0.6 is 34.7 Å². The van der Waals surface area contributed by atoms with Crippen LogP contribution in [0, 0.1) is 10.1 Å². The van der Waals surface area contributed by atoms with E-state index in [9.17, 15) is 19.7 Å². The van der Waals surface area contributed by atoms with Crippen LogP contribution < -0.4 is 4.90 Å². The largest absolute Gasteiger partial charge is 0.294 e. The standard InChI is InChI=1S/C24H19ClN4O4S2/c25-18-8-2-1-5-15(18)13-34-24-27-26-23(35-24)28-19-9-4-10-20(30)22(19)17(12-21(28)31)14-6-3-7-16(11-14)29(32)33/h1-3,5-8,11,17H,4,9-10,12-13H2/t17-/m1/s1. The number of hydrogen-bond acceptors (Lipinski definition) is 8. The minimum absolute atomic E-state index is 0.0295. The first kappa shape index (κ1) is 23.7. The van der Waals surface area contributed by atoms with Crippen LogP contribution in [0.4, 0.5) is 10.8 Å². The van der Waals surface area contributed by atoms with Crippen molar-refractivity contribution in [3.8, 4) is 0 Å². The lowest BCUT2D eigenvalue weighted by molar-refractivity contribution is -0.384. The molecular formula is C24H19ClN4O4S2. The van der Waals surface area contributed by atoms with E-state index >= 15 is 0 Å². The molecule has 0 spiro atoms. The van der Waals surface area contributed by atoms with E-state index in [0.29, 0.717) is 56.3 Å². The van der Waals surface area contributed by atoms with Crippen LogP contribution in [0.1, 0.15) is 42.7 Å². The van der Waals surface area contributed by atoms with Gasteiger partial charge in [0, 0.05) is 52.9 Å². The summed E-state index contributed by atoms with van der Waals surface area (Å²) in [5, 5.41) is 20.9. The van der Waals surface area contributed by atoms with Gasteiger partial charge < -0.3 is 0 Å². The molecule has 0 bridgehead atoms. The van der Waals surface area contributed by atoms with Crippen molar-refractivity contribution in [1.82, 2.24) is 10.2 Å². The Balaban J connectivity index is 1.46. The molecule has 1 aromatic heterocycles. The second kappa shape index (κ2) is 9.88. The quantitative estimate of drug-likeness (QED) is 0.170. The minimum Gasteiger partial charge on any atom is -0.294 e. The highest BCUT2D eigenvalue weighted by Gasteiger charge is 2.41. The highest BCUT2D eigenvalue weighted by atomic mass is 35.5. The maximum Gasteiger partial charge on any atom is 0.269 e. The fraction of sp³-hybridized carbons (Fsp3) is 0.250. The van der Waals surface area contributed by atoms with Crippen LogP contribution in [0.3, 0.4) is 0 Å². The SMILES string of the molecule is O=C1CCCC2=C1[C@@H](c1cccc([N+](=O)[O-])c1)CC(=O)N2c1nnc(SCc2ccccc2Cl)s1. The summed E-state index contributed by atoms with van der Waals surface area (Å²) in [7, 11) is 0. The molecule has 5 rings (SSSR count). The number of carbonyl (C=O) groups is 2. The molecule has 2 aliphatic rings. The molecule has 178 valence electrons. The van der Waals surface area contributed by atoms with Gasteiger partial charge in [0.25, 0.3) is 5.69 Å². The molecular weight excluding hydrogens is 508 g/mol. The Hall–Kier alpha value is -3.08. The number of halogens is 1. The molecule has 0 N–H and O–H groups in total. The van der Waals surface area contributed by atoms with E-state index in [2.05, 4.69) is 10.2 Å². The number of allylic oxidation sites excluding steroid dienone is 2. The van der Waals surface area contributed by atoms with Crippen LogP contribution in [-0.4, -0.2) is 26.8 Å². The van der Waals surface area contributed by atoms with Crippen molar-refractivity contribution in [3.63, 3.8) is 0 Å². The topological polar surface area (TPSA) is 106 Å². The van der Waals surface area contributed by atoms with Gasteiger partial charge in [-0.2, -0.15) is 0 Å². The van der Waals surface area contributed by atoms with Crippen molar-refractivity contribution in [2.75, 3.05) is 4.90 Å². The molecule has 2 heterocycles. The molecule has 0 saturated carbocycles. The van der Waals surface area contributed by atoms with Gasteiger partial charge in [-0.1, -0.05) is 65.0 Å². The summed E-state index contributed by atoms with van der Waals surface area (Å²) in [6, 6.07) is 13.8. The monoisotopic (exact) mass is 526 g/mol. The minimum atomic E-state index is -0.511. The Morgan fingerprint density at radius 2 is 1.97 bits per heavy atom. The number of non-ortho nitro benzene ring substituents is 1. The summed E-state index contributed by atoms with van der Waals surface area (Å²) in [5.41, 5.74) is 2.70. The van der Waals surface area contributed by atoms with Gasteiger partial charge in [-0.25, -0.2) is 0 Å². The first-order valence-electron chi connectivity index (χ1n) is 11.0. The summed E-state index contributed by atoms with van der Waals surface area (Å²) in [4.78, 5) is 38.7. The second-order valence-corrected chi connectivity index (χ2v) is 10.8. The number of carbonyl (C=O) groups excluding carboxylic acids is 2. The van der Waals surface area contributed by atoms with Crippen LogP contribution in [0.25, 0.3) is 0 Å². The molecule has 35 heavy (non-hydrogen) atoms. The summed E-state index contributed by atoms with van der Waals surface area (Å²) >= 11 is 9.02. The summed E-state index contributed by atoms with van der Waals surface area (Å²) in [6.45, 7) is 0. The first-order chi connectivity index (χ1) is 16.9. The van der Waals surface area contributed by atoms with Gasteiger partial charge in [-0.15, -0.1) is 10.2 Å². The number of thioether (sulfide) groups is 1. The van der Waals surface area contributed by atoms with E-state index in [1.807, 2.05) is 24.3 Å². The van der Waals surface area contributed by atoms with Crippen molar-refractivity contribution >= 4 is 57.2 Å². The Kier molecular flexibility index (Phi) is 6.68. The fourth-order valence-electron chi connectivity index (χ4n) is 4.46. The Morgan fingerprint density at radius 1 is 1.14 bits per heavy atom. The zero-order valence-electron chi connectivity index (χ0n) is 18.3. The van der Waals surface area contributed by atoms with Crippen molar-refractivity contribution in [3.05, 3.63) is 86.1 Å². The summed E-state index contributed by atoms with van der Waals surface area (Å²) in [6.07, 6.45) is 1.62. The number of nitro benzene ring substituents is 1. The van der Waals surface area contributed by atoms with Crippen molar-refractivity contribution < 1.29 is 14.5 Å². The number of benzene rings is 2. The highest BCUT2D eigenvalue weighted by Crippen LogP contribution is 2.45. The first-order valence-corrected chi connectivity index (χ1v) is 13.1. The summed E-state index contributed by atoms with van der Waals surface area (Å²) < 4.78 is 0.692. The van der Waals surface area contributed by atoms with E-state index in [-0.39, 0.29) is 23.8 Å². The molecule has 1 aliphatic heterocycles. The molecule has 3 aromatic rings. The average Bonchev–Trinajstić information content (AvgIpc) is 3.31. The Labute approximate surface area is 214 Å². The molecule has 1 atom stereocenters. The number of amides is 1. The van der Waals surface area contributed by atoms with Crippen LogP contribution in [0.2, 0.25) is 5.02 Å². The van der Waals surface area contributed by atoms with Crippen LogP contribution in [0.5, 0.6) is 0 Å².